The number of likely N-dealkylation sites (N-methyl/N-ethyl adjacent to an activating group) is 1. The molecule has 1 aromatic carbocycles. The van der Waals surface area contributed by atoms with Gasteiger partial charge in [0.05, 0.1) is 6.61 Å². The number of aliphatic carboxylic acids is 1. The zero-order chi connectivity index (χ0) is 14.6. The number of ether oxygens (including phenoxy) is 1. The van der Waals surface area contributed by atoms with E-state index in [1.165, 1.54) is 5.56 Å². The molecule has 1 fully saturated rings. The highest BCUT2D eigenvalue weighted by molar-refractivity contribution is 5.79. The van der Waals surface area contributed by atoms with Gasteiger partial charge >= 0.3 is 5.97 Å². The number of carboxylic acids is 1. The highest BCUT2D eigenvalue weighted by atomic mass is 16.5. The Hall–Kier alpha value is -1.55. The topological polar surface area (TPSA) is 58.6 Å². The maximum Gasteiger partial charge on any atom is 0.324 e. The molecule has 0 aromatic heterocycles. The van der Waals surface area contributed by atoms with Crippen molar-refractivity contribution in [1.29, 1.82) is 0 Å². The molecular formula is C16H23NO3. The summed E-state index contributed by atoms with van der Waals surface area (Å²) in [5, 5.41) is 12.5. The molecule has 110 valence electrons. The smallest absolute Gasteiger partial charge is 0.324 e. The first-order valence-electron chi connectivity index (χ1n) is 7.20. The van der Waals surface area contributed by atoms with Crippen molar-refractivity contribution in [3.05, 3.63) is 29.8 Å². The van der Waals surface area contributed by atoms with Crippen molar-refractivity contribution in [1.82, 2.24) is 5.32 Å². The molecule has 0 aliphatic heterocycles. The van der Waals surface area contributed by atoms with Gasteiger partial charge in [0.15, 0.2) is 0 Å². The zero-order valence-electron chi connectivity index (χ0n) is 12.2. The Morgan fingerprint density at radius 2 is 2.35 bits per heavy atom. The fraction of sp³-hybridized carbons (Fsp3) is 0.562. The van der Waals surface area contributed by atoms with E-state index in [0.717, 1.165) is 25.0 Å². The normalized spacial score (nSPS) is 25.6. The lowest BCUT2D eigenvalue weighted by molar-refractivity contribution is -0.146. The van der Waals surface area contributed by atoms with E-state index < -0.39 is 11.5 Å². The lowest BCUT2D eigenvalue weighted by Crippen LogP contribution is -2.53. The summed E-state index contributed by atoms with van der Waals surface area (Å²) in [6.07, 6.45) is 3.38. The third kappa shape index (κ3) is 2.96. The van der Waals surface area contributed by atoms with Crippen LogP contribution in [-0.2, 0) is 4.79 Å². The lowest BCUT2D eigenvalue weighted by Gasteiger charge is -2.30. The molecule has 1 aromatic rings. The third-order valence-electron chi connectivity index (χ3n) is 4.37. The van der Waals surface area contributed by atoms with Crippen molar-refractivity contribution in [3.63, 3.8) is 0 Å². The van der Waals surface area contributed by atoms with Crippen LogP contribution in [0.25, 0.3) is 0 Å². The van der Waals surface area contributed by atoms with E-state index in [1.807, 2.05) is 31.2 Å². The van der Waals surface area contributed by atoms with Gasteiger partial charge in [0.2, 0.25) is 0 Å². The summed E-state index contributed by atoms with van der Waals surface area (Å²) < 4.78 is 5.75. The minimum Gasteiger partial charge on any atom is -0.494 e. The number of rotatable bonds is 6. The SMILES string of the molecule is CNC1(C(=O)O)CCCC1CCOc1cccc(C)c1. The zero-order valence-corrected chi connectivity index (χ0v) is 12.2. The monoisotopic (exact) mass is 277 g/mol. The first-order chi connectivity index (χ1) is 9.58. The average molecular weight is 277 g/mol. The molecule has 1 saturated carbocycles. The van der Waals surface area contributed by atoms with Gasteiger partial charge in [-0.3, -0.25) is 4.79 Å². The molecule has 0 amide bonds. The van der Waals surface area contributed by atoms with Crippen LogP contribution in [0.3, 0.4) is 0 Å². The fourth-order valence-corrected chi connectivity index (χ4v) is 3.21. The van der Waals surface area contributed by atoms with Gasteiger partial charge in [-0.15, -0.1) is 0 Å². The maximum atomic E-state index is 11.5. The second kappa shape index (κ2) is 6.27. The molecule has 2 atom stereocenters. The molecule has 4 heteroatoms. The number of hydrogen-bond donors (Lipinski definition) is 2. The van der Waals surface area contributed by atoms with Crippen molar-refractivity contribution in [2.75, 3.05) is 13.7 Å². The van der Waals surface area contributed by atoms with Crippen LogP contribution in [0.2, 0.25) is 0 Å². The Labute approximate surface area is 120 Å². The molecule has 0 bridgehead atoms. The van der Waals surface area contributed by atoms with E-state index in [0.29, 0.717) is 13.0 Å². The van der Waals surface area contributed by atoms with E-state index in [-0.39, 0.29) is 5.92 Å². The molecule has 1 aliphatic rings. The van der Waals surface area contributed by atoms with Crippen LogP contribution in [0.5, 0.6) is 5.75 Å². The third-order valence-corrected chi connectivity index (χ3v) is 4.37. The van der Waals surface area contributed by atoms with E-state index in [1.54, 1.807) is 7.05 Å². The molecule has 4 nitrogen and oxygen atoms in total. The van der Waals surface area contributed by atoms with Crippen molar-refractivity contribution >= 4 is 5.97 Å². The maximum absolute atomic E-state index is 11.5. The number of nitrogens with one attached hydrogen (secondary N) is 1. The van der Waals surface area contributed by atoms with Crippen molar-refractivity contribution in [3.8, 4) is 5.75 Å². The lowest BCUT2D eigenvalue weighted by atomic mass is 9.85. The van der Waals surface area contributed by atoms with Crippen LogP contribution in [0.15, 0.2) is 24.3 Å². The number of aryl methyl sites for hydroxylation is 1. The van der Waals surface area contributed by atoms with Gasteiger partial charge in [0.25, 0.3) is 0 Å². The van der Waals surface area contributed by atoms with E-state index in [4.69, 9.17) is 4.74 Å². The number of carbonyl (C=O) groups is 1. The van der Waals surface area contributed by atoms with Gasteiger partial charge in [-0.2, -0.15) is 0 Å². The number of hydrogen-bond acceptors (Lipinski definition) is 3. The molecule has 2 rings (SSSR count). The first-order valence-corrected chi connectivity index (χ1v) is 7.20. The van der Waals surface area contributed by atoms with Gasteiger partial charge in [-0.25, -0.2) is 0 Å². The molecule has 2 unspecified atom stereocenters. The molecule has 0 heterocycles. The van der Waals surface area contributed by atoms with E-state index in [2.05, 4.69) is 5.32 Å². The Bertz CT molecular complexity index is 475. The summed E-state index contributed by atoms with van der Waals surface area (Å²) in [5.41, 5.74) is 0.397. The Morgan fingerprint density at radius 3 is 3.00 bits per heavy atom. The van der Waals surface area contributed by atoms with Gasteiger partial charge in [-0.1, -0.05) is 18.6 Å². The van der Waals surface area contributed by atoms with Crippen LogP contribution in [0.4, 0.5) is 0 Å². The van der Waals surface area contributed by atoms with E-state index in [9.17, 15) is 9.90 Å². The summed E-state index contributed by atoms with van der Waals surface area (Å²) in [4.78, 5) is 11.5. The minimum atomic E-state index is -0.768. The summed E-state index contributed by atoms with van der Waals surface area (Å²) in [7, 11) is 1.74. The minimum absolute atomic E-state index is 0.134. The second-order valence-corrected chi connectivity index (χ2v) is 5.57. The average Bonchev–Trinajstić information content (AvgIpc) is 2.83. The molecule has 2 N–H and O–H groups in total. The van der Waals surface area contributed by atoms with Crippen LogP contribution < -0.4 is 10.1 Å². The first kappa shape index (κ1) is 14.9. The van der Waals surface area contributed by atoms with Gasteiger partial charge < -0.3 is 15.2 Å². The largest absolute Gasteiger partial charge is 0.494 e. The standard InChI is InChI=1S/C16H23NO3/c1-12-5-3-7-14(11-12)20-10-8-13-6-4-9-16(13,17-2)15(18)19/h3,5,7,11,13,17H,4,6,8-10H2,1-2H3,(H,18,19). The summed E-state index contributed by atoms with van der Waals surface area (Å²) in [5.74, 6) is 0.251. The molecular weight excluding hydrogens is 254 g/mol. The highest BCUT2D eigenvalue weighted by Gasteiger charge is 2.47. The Morgan fingerprint density at radius 1 is 1.55 bits per heavy atom. The van der Waals surface area contributed by atoms with E-state index >= 15 is 0 Å². The second-order valence-electron chi connectivity index (χ2n) is 5.57. The van der Waals surface area contributed by atoms with Crippen molar-refractivity contribution in [2.45, 2.75) is 38.1 Å². The quantitative estimate of drug-likeness (QED) is 0.839. The predicted molar refractivity (Wildman–Crippen MR) is 78.1 cm³/mol. The highest BCUT2D eigenvalue weighted by Crippen LogP contribution is 2.38. The van der Waals surface area contributed by atoms with Crippen LogP contribution in [-0.4, -0.2) is 30.3 Å². The van der Waals surface area contributed by atoms with Gasteiger partial charge in [0, 0.05) is 0 Å². The number of carboxylic acid groups (broad SMARTS) is 1. The van der Waals surface area contributed by atoms with Gasteiger partial charge in [-0.05, 0) is 56.8 Å². The predicted octanol–water partition coefficient (Wildman–Crippen LogP) is 2.61. The van der Waals surface area contributed by atoms with Crippen molar-refractivity contribution < 1.29 is 14.6 Å². The van der Waals surface area contributed by atoms with Crippen LogP contribution >= 0.6 is 0 Å². The summed E-state index contributed by atoms with van der Waals surface area (Å²) in [6, 6.07) is 7.93. The molecule has 0 radical (unpaired) electrons. The van der Waals surface area contributed by atoms with Crippen LogP contribution in [0, 0.1) is 12.8 Å². The van der Waals surface area contributed by atoms with Gasteiger partial charge in [0.1, 0.15) is 11.3 Å². The molecule has 0 spiro atoms. The van der Waals surface area contributed by atoms with Crippen molar-refractivity contribution in [2.24, 2.45) is 5.92 Å². The Kier molecular flexibility index (Phi) is 4.65. The summed E-state index contributed by atoms with van der Waals surface area (Å²) >= 11 is 0. The Balaban J connectivity index is 1.92. The molecule has 0 saturated heterocycles. The summed E-state index contributed by atoms with van der Waals surface area (Å²) in [6.45, 7) is 2.59. The molecule has 1 aliphatic carbocycles. The fourth-order valence-electron chi connectivity index (χ4n) is 3.21. The van der Waals surface area contributed by atoms with Crippen LogP contribution in [0.1, 0.15) is 31.2 Å². The molecule has 20 heavy (non-hydrogen) atoms. The number of benzene rings is 1.